The van der Waals surface area contributed by atoms with E-state index < -0.39 is 10.0 Å². The highest BCUT2D eigenvalue weighted by Gasteiger charge is 2.29. The van der Waals surface area contributed by atoms with Gasteiger partial charge >= 0.3 is 0 Å². The van der Waals surface area contributed by atoms with Gasteiger partial charge in [-0.1, -0.05) is 30.3 Å². The number of hydrogen-bond acceptors (Lipinski definition) is 5. The molecule has 2 heterocycles. The second-order valence-electron chi connectivity index (χ2n) is 5.67. The average Bonchev–Trinajstić information content (AvgIpc) is 3.07. The molecule has 1 saturated heterocycles. The number of fused-ring (bicyclic) bond motifs is 1. The van der Waals surface area contributed by atoms with Gasteiger partial charge in [-0.25, -0.2) is 8.42 Å². The summed E-state index contributed by atoms with van der Waals surface area (Å²) in [6, 6.07) is 16.7. The van der Waals surface area contributed by atoms with E-state index in [9.17, 15) is 8.42 Å². The van der Waals surface area contributed by atoms with E-state index in [2.05, 4.69) is 4.98 Å². The van der Waals surface area contributed by atoms with E-state index in [0.717, 1.165) is 11.1 Å². The second-order valence-corrected chi connectivity index (χ2v) is 7.61. The van der Waals surface area contributed by atoms with Crippen molar-refractivity contribution in [2.75, 3.05) is 31.1 Å². The molecule has 7 heteroatoms. The lowest BCUT2D eigenvalue weighted by molar-refractivity contribution is 0.373. The molecule has 0 N–H and O–H groups in total. The molecule has 0 amide bonds. The SMILES string of the molecule is O=S(=O)(c1ccccc1)N1CCN(c2nc3ccccc3o2)CC1. The van der Waals surface area contributed by atoms with E-state index >= 15 is 0 Å². The number of sulfonamides is 1. The van der Waals surface area contributed by atoms with E-state index in [-0.39, 0.29) is 0 Å². The van der Waals surface area contributed by atoms with E-state index in [4.69, 9.17) is 4.42 Å². The lowest BCUT2D eigenvalue weighted by atomic mass is 10.3. The zero-order valence-electron chi connectivity index (χ0n) is 13.0. The number of oxazole rings is 1. The fraction of sp³-hybridized carbons (Fsp3) is 0.235. The Labute approximate surface area is 140 Å². The highest BCUT2D eigenvalue weighted by Crippen LogP contribution is 2.24. The first-order valence-corrected chi connectivity index (χ1v) is 9.24. The molecular weight excluding hydrogens is 326 g/mol. The van der Waals surface area contributed by atoms with Crippen LogP contribution < -0.4 is 4.90 Å². The van der Waals surface area contributed by atoms with Crippen LogP contribution in [0.2, 0.25) is 0 Å². The van der Waals surface area contributed by atoms with Crippen LogP contribution in [0, 0.1) is 0 Å². The molecule has 1 aliphatic heterocycles. The zero-order valence-corrected chi connectivity index (χ0v) is 13.8. The molecule has 0 unspecified atom stereocenters. The van der Waals surface area contributed by atoms with Crippen LogP contribution in [0.3, 0.4) is 0 Å². The Bertz CT molecular complexity index is 912. The van der Waals surface area contributed by atoms with Crippen molar-refractivity contribution < 1.29 is 12.8 Å². The van der Waals surface area contributed by atoms with Gasteiger partial charge in [0.05, 0.1) is 4.90 Å². The highest BCUT2D eigenvalue weighted by atomic mass is 32.2. The van der Waals surface area contributed by atoms with Gasteiger partial charge in [0.25, 0.3) is 6.01 Å². The number of benzene rings is 2. The first kappa shape index (κ1) is 15.2. The summed E-state index contributed by atoms with van der Waals surface area (Å²) in [6.07, 6.45) is 0. The Balaban J connectivity index is 1.50. The van der Waals surface area contributed by atoms with Gasteiger partial charge < -0.3 is 9.32 Å². The fourth-order valence-corrected chi connectivity index (χ4v) is 4.30. The summed E-state index contributed by atoms with van der Waals surface area (Å²) in [4.78, 5) is 6.79. The maximum absolute atomic E-state index is 12.6. The van der Waals surface area contributed by atoms with Crippen molar-refractivity contribution in [1.82, 2.24) is 9.29 Å². The van der Waals surface area contributed by atoms with Crippen molar-refractivity contribution in [3.05, 3.63) is 54.6 Å². The number of anilines is 1. The molecule has 0 radical (unpaired) electrons. The molecule has 24 heavy (non-hydrogen) atoms. The van der Waals surface area contributed by atoms with Crippen LogP contribution in [0.4, 0.5) is 6.01 Å². The van der Waals surface area contributed by atoms with Crippen LogP contribution in [0.15, 0.2) is 63.9 Å². The van der Waals surface area contributed by atoms with Gasteiger partial charge in [-0.15, -0.1) is 0 Å². The zero-order chi connectivity index (χ0) is 16.6. The Kier molecular flexibility index (Phi) is 3.74. The monoisotopic (exact) mass is 343 g/mol. The average molecular weight is 343 g/mol. The Morgan fingerprint density at radius 1 is 0.875 bits per heavy atom. The number of aromatic nitrogens is 1. The standard InChI is InChI=1S/C17H17N3O3S/c21-24(22,14-6-2-1-3-7-14)20-12-10-19(11-13-20)17-18-15-8-4-5-9-16(15)23-17/h1-9H,10-13H2. The molecule has 1 aliphatic rings. The molecule has 0 atom stereocenters. The summed E-state index contributed by atoms with van der Waals surface area (Å²) in [5.74, 6) is 0. The van der Waals surface area contributed by atoms with Crippen LogP contribution in [-0.2, 0) is 10.0 Å². The summed E-state index contributed by atoms with van der Waals surface area (Å²) in [7, 11) is -3.44. The third-order valence-electron chi connectivity index (χ3n) is 4.17. The van der Waals surface area contributed by atoms with E-state index in [0.29, 0.717) is 37.1 Å². The third-order valence-corrected chi connectivity index (χ3v) is 6.09. The summed E-state index contributed by atoms with van der Waals surface area (Å²) >= 11 is 0. The molecule has 6 nitrogen and oxygen atoms in total. The Morgan fingerprint density at radius 3 is 2.25 bits per heavy atom. The number of para-hydroxylation sites is 2. The van der Waals surface area contributed by atoms with Gasteiger partial charge in [0.1, 0.15) is 5.52 Å². The first-order chi connectivity index (χ1) is 11.6. The molecule has 0 aliphatic carbocycles. The predicted octanol–water partition coefficient (Wildman–Crippen LogP) is 2.34. The maximum atomic E-state index is 12.6. The molecule has 124 valence electrons. The van der Waals surface area contributed by atoms with Gasteiger partial charge in [0, 0.05) is 26.2 Å². The van der Waals surface area contributed by atoms with Gasteiger partial charge in [-0.05, 0) is 24.3 Å². The number of hydrogen-bond donors (Lipinski definition) is 0. The van der Waals surface area contributed by atoms with E-state index in [1.807, 2.05) is 35.2 Å². The minimum atomic E-state index is -3.44. The van der Waals surface area contributed by atoms with Crippen molar-refractivity contribution in [2.24, 2.45) is 0 Å². The van der Waals surface area contributed by atoms with Crippen LogP contribution >= 0.6 is 0 Å². The van der Waals surface area contributed by atoms with Crippen molar-refractivity contribution in [1.29, 1.82) is 0 Å². The molecule has 1 aromatic heterocycles. The normalized spacial score (nSPS) is 16.6. The minimum Gasteiger partial charge on any atom is -0.423 e. The van der Waals surface area contributed by atoms with Crippen LogP contribution in [0.5, 0.6) is 0 Å². The molecule has 4 rings (SSSR count). The first-order valence-electron chi connectivity index (χ1n) is 7.80. The summed E-state index contributed by atoms with van der Waals surface area (Å²) in [6.45, 7) is 1.93. The second kappa shape index (κ2) is 5.92. The summed E-state index contributed by atoms with van der Waals surface area (Å²) in [5, 5.41) is 0. The van der Waals surface area contributed by atoms with Crippen molar-refractivity contribution in [2.45, 2.75) is 4.90 Å². The Morgan fingerprint density at radius 2 is 1.54 bits per heavy atom. The van der Waals surface area contributed by atoms with Crippen molar-refractivity contribution in [3.63, 3.8) is 0 Å². The molecular formula is C17H17N3O3S. The fourth-order valence-electron chi connectivity index (χ4n) is 2.86. The molecule has 2 aromatic carbocycles. The van der Waals surface area contributed by atoms with Gasteiger partial charge in [-0.3, -0.25) is 0 Å². The quantitative estimate of drug-likeness (QED) is 0.730. The molecule has 0 spiro atoms. The van der Waals surface area contributed by atoms with Crippen LogP contribution in [-0.4, -0.2) is 43.9 Å². The molecule has 0 saturated carbocycles. The molecule has 3 aromatic rings. The van der Waals surface area contributed by atoms with E-state index in [1.54, 1.807) is 24.3 Å². The summed E-state index contributed by atoms with van der Waals surface area (Å²) < 4.78 is 32.6. The number of rotatable bonds is 3. The summed E-state index contributed by atoms with van der Waals surface area (Å²) in [5.41, 5.74) is 1.55. The number of nitrogens with zero attached hydrogens (tertiary/aromatic N) is 3. The minimum absolute atomic E-state index is 0.334. The van der Waals surface area contributed by atoms with Crippen LogP contribution in [0.25, 0.3) is 11.1 Å². The van der Waals surface area contributed by atoms with Gasteiger partial charge in [0.15, 0.2) is 5.58 Å². The van der Waals surface area contributed by atoms with Crippen molar-refractivity contribution in [3.8, 4) is 0 Å². The van der Waals surface area contributed by atoms with Crippen molar-refractivity contribution >= 4 is 27.1 Å². The molecule has 1 fully saturated rings. The van der Waals surface area contributed by atoms with E-state index in [1.165, 1.54) is 4.31 Å². The predicted molar refractivity (Wildman–Crippen MR) is 91.4 cm³/mol. The highest BCUT2D eigenvalue weighted by molar-refractivity contribution is 7.89. The van der Waals surface area contributed by atoms with Crippen LogP contribution in [0.1, 0.15) is 0 Å². The lowest BCUT2D eigenvalue weighted by Gasteiger charge is -2.33. The third kappa shape index (κ3) is 2.65. The smallest absolute Gasteiger partial charge is 0.298 e. The maximum Gasteiger partial charge on any atom is 0.298 e. The molecule has 0 bridgehead atoms. The number of piperazine rings is 1. The Hall–Kier alpha value is -2.38. The van der Waals surface area contributed by atoms with Gasteiger partial charge in [-0.2, -0.15) is 9.29 Å². The van der Waals surface area contributed by atoms with Gasteiger partial charge in [0.2, 0.25) is 10.0 Å². The largest absolute Gasteiger partial charge is 0.423 e. The topological polar surface area (TPSA) is 66.7 Å². The lowest BCUT2D eigenvalue weighted by Crippen LogP contribution is -2.48.